The molecule has 0 aliphatic carbocycles. The van der Waals surface area contributed by atoms with Gasteiger partial charge in [-0.05, 0) is 82.8 Å². The van der Waals surface area contributed by atoms with E-state index in [9.17, 15) is 38.1 Å². The van der Waals surface area contributed by atoms with E-state index in [-0.39, 0.29) is 22.6 Å². The van der Waals surface area contributed by atoms with Gasteiger partial charge in [0.15, 0.2) is 11.5 Å². The maximum absolute atomic E-state index is 13.0. The van der Waals surface area contributed by atoms with Crippen LogP contribution in [0.4, 0.5) is 24.5 Å². The molecule has 14 heteroatoms. The van der Waals surface area contributed by atoms with Crippen LogP contribution in [0.2, 0.25) is 0 Å². The summed E-state index contributed by atoms with van der Waals surface area (Å²) in [5.41, 5.74) is -1.50. The lowest BCUT2D eigenvalue weighted by Crippen LogP contribution is -2.13. The average Bonchev–Trinajstić information content (AvgIpc) is 2.92. The molecule has 0 fully saturated rings. The summed E-state index contributed by atoms with van der Waals surface area (Å²) in [4.78, 5) is 34.7. The highest BCUT2D eigenvalue weighted by atomic mass is 127. The fourth-order valence-electron chi connectivity index (χ4n) is 3.28. The standard InChI is InChI=1S/C26H17F3IN3O7/c1-38-22-11-14(9-16(13-31)24(34)32-18-6-3-15(4-7-18)25(35)39-2)10-19(30)23(22)40-21-8-5-17(26(27,28)29)12-20(21)33(36)37/h3-12H,1-2H3,(H,32,34)/b16-9+. The van der Waals surface area contributed by atoms with E-state index >= 15 is 0 Å². The van der Waals surface area contributed by atoms with E-state index < -0.39 is 40.0 Å². The summed E-state index contributed by atoms with van der Waals surface area (Å²) in [6.07, 6.45) is -3.53. The Kier molecular flexibility index (Phi) is 9.32. The van der Waals surface area contributed by atoms with Crippen molar-refractivity contribution in [1.82, 2.24) is 0 Å². The Bertz CT molecular complexity index is 1550. The van der Waals surface area contributed by atoms with Gasteiger partial charge < -0.3 is 19.5 Å². The lowest BCUT2D eigenvalue weighted by atomic mass is 10.1. The van der Waals surface area contributed by atoms with Gasteiger partial charge in [-0.25, -0.2) is 4.79 Å². The highest BCUT2D eigenvalue weighted by molar-refractivity contribution is 14.1. The molecule has 1 N–H and O–H groups in total. The number of nitrogens with zero attached hydrogens (tertiary/aromatic N) is 2. The number of esters is 1. The Morgan fingerprint density at radius 2 is 1.75 bits per heavy atom. The van der Waals surface area contributed by atoms with Crippen molar-refractivity contribution in [2.75, 3.05) is 19.5 Å². The lowest BCUT2D eigenvalue weighted by molar-refractivity contribution is -0.385. The third-order valence-electron chi connectivity index (χ3n) is 5.19. The number of nitrogens with one attached hydrogen (secondary N) is 1. The summed E-state index contributed by atoms with van der Waals surface area (Å²) >= 11 is 1.81. The molecule has 206 valence electrons. The van der Waals surface area contributed by atoms with E-state index in [1.54, 1.807) is 6.07 Å². The number of amides is 1. The van der Waals surface area contributed by atoms with Crippen LogP contribution < -0.4 is 14.8 Å². The minimum Gasteiger partial charge on any atom is -0.493 e. The molecule has 0 bridgehead atoms. The number of nitro groups is 1. The van der Waals surface area contributed by atoms with Gasteiger partial charge in [0.1, 0.15) is 11.6 Å². The van der Waals surface area contributed by atoms with Crippen LogP contribution in [0.1, 0.15) is 21.5 Å². The number of carbonyl (C=O) groups is 2. The van der Waals surface area contributed by atoms with Crippen molar-refractivity contribution in [2.24, 2.45) is 0 Å². The molecule has 0 heterocycles. The van der Waals surface area contributed by atoms with Gasteiger partial charge in [-0.1, -0.05) is 0 Å². The first-order chi connectivity index (χ1) is 18.9. The molecule has 0 saturated heterocycles. The van der Waals surface area contributed by atoms with Gasteiger partial charge >= 0.3 is 17.8 Å². The van der Waals surface area contributed by atoms with Crippen molar-refractivity contribution in [3.8, 4) is 23.3 Å². The molecular weight excluding hydrogens is 650 g/mol. The maximum atomic E-state index is 13.0. The van der Waals surface area contributed by atoms with Crippen LogP contribution >= 0.6 is 22.6 Å². The van der Waals surface area contributed by atoms with E-state index in [0.29, 0.717) is 27.0 Å². The zero-order valence-electron chi connectivity index (χ0n) is 20.5. The molecule has 40 heavy (non-hydrogen) atoms. The predicted molar refractivity (Wildman–Crippen MR) is 144 cm³/mol. The lowest BCUT2D eigenvalue weighted by Gasteiger charge is -2.14. The molecule has 3 aromatic rings. The highest BCUT2D eigenvalue weighted by Gasteiger charge is 2.33. The molecule has 0 spiro atoms. The largest absolute Gasteiger partial charge is 0.493 e. The average molecular weight is 667 g/mol. The number of benzene rings is 3. The summed E-state index contributed by atoms with van der Waals surface area (Å²) in [5, 5.41) is 23.5. The fraction of sp³-hybridized carbons (Fsp3) is 0.115. The van der Waals surface area contributed by atoms with E-state index in [2.05, 4.69) is 10.1 Å². The normalized spacial score (nSPS) is 11.3. The van der Waals surface area contributed by atoms with Crippen LogP contribution in [0.15, 0.2) is 60.2 Å². The second-order valence-electron chi connectivity index (χ2n) is 7.77. The first kappa shape index (κ1) is 29.9. The van der Waals surface area contributed by atoms with Crippen LogP contribution in [0.5, 0.6) is 17.2 Å². The monoisotopic (exact) mass is 667 g/mol. The summed E-state index contributed by atoms with van der Waals surface area (Å²) in [5.74, 6) is -1.75. The molecule has 0 aliphatic heterocycles. The molecule has 0 radical (unpaired) electrons. The zero-order valence-corrected chi connectivity index (χ0v) is 22.7. The van der Waals surface area contributed by atoms with Crippen molar-refractivity contribution in [1.29, 1.82) is 5.26 Å². The molecule has 0 aliphatic rings. The van der Waals surface area contributed by atoms with Crippen LogP contribution in [0.3, 0.4) is 0 Å². The van der Waals surface area contributed by atoms with Gasteiger partial charge in [0, 0.05) is 11.8 Å². The molecule has 10 nitrogen and oxygen atoms in total. The van der Waals surface area contributed by atoms with Crippen LogP contribution in [0.25, 0.3) is 6.08 Å². The Morgan fingerprint density at radius 1 is 1.07 bits per heavy atom. The molecular formula is C26H17F3IN3O7. The van der Waals surface area contributed by atoms with Gasteiger partial charge in [-0.15, -0.1) is 0 Å². The Morgan fingerprint density at radius 3 is 2.30 bits per heavy atom. The molecule has 0 saturated carbocycles. The van der Waals surface area contributed by atoms with Crippen LogP contribution in [-0.2, 0) is 15.7 Å². The molecule has 3 rings (SSSR count). The summed E-state index contributed by atoms with van der Waals surface area (Å²) in [7, 11) is 2.50. The fourth-order valence-corrected chi connectivity index (χ4v) is 4.01. The van der Waals surface area contributed by atoms with E-state index in [0.717, 1.165) is 6.07 Å². The van der Waals surface area contributed by atoms with Crippen molar-refractivity contribution < 1.29 is 41.9 Å². The number of hydrogen-bond donors (Lipinski definition) is 1. The number of carbonyl (C=O) groups excluding carboxylic acids is 2. The summed E-state index contributed by atoms with van der Waals surface area (Å²) in [6, 6.07) is 12.3. The van der Waals surface area contributed by atoms with Gasteiger partial charge in [-0.2, -0.15) is 18.4 Å². The van der Waals surface area contributed by atoms with Crippen molar-refractivity contribution in [2.45, 2.75) is 6.18 Å². The first-order valence-corrected chi connectivity index (χ1v) is 12.0. The number of hydrogen-bond acceptors (Lipinski definition) is 8. The molecule has 1 amide bonds. The number of halogens is 4. The number of ether oxygens (including phenoxy) is 3. The molecule has 0 unspecified atom stereocenters. The highest BCUT2D eigenvalue weighted by Crippen LogP contribution is 2.42. The van der Waals surface area contributed by atoms with Crippen LogP contribution in [-0.4, -0.2) is 31.0 Å². The van der Waals surface area contributed by atoms with Crippen molar-refractivity contribution in [3.05, 3.63) is 90.5 Å². The molecule has 3 aromatic carbocycles. The topological polar surface area (TPSA) is 141 Å². The molecule has 0 atom stereocenters. The second kappa shape index (κ2) is 12.5. The second-order valence-corrected chi connectivity index (χ2v) is 8.93. The predicted octanol–water partition coefficient (Wildman–Crippen LogP) is 6.35. The Labute approximate surface area is 238 Å². The third-order valence-corrected chi connectivity index (χ3v) is 5.99. The zero-order chi connectivity index (χ0) is 29.6. The van der Waals surface area contributed by atoms with Gasteiger partial charge in [0.25, 0.3) is 5.91 Å². The summed E-state index contributed by atoms with van der Waals surface area (Å²) < 4.78 is 54.9. The van der Waals surface area contributed by atoms with Crippen molar-refractivity contribution in [3.63, 3.8) is 0 Å². The first-order valence-electron chi connectivity index (χ1n) is 10.9. The number of methoxy groups -OCH3 is 2. The smallest absolute Gasteiger partial charge is 0.416 e. The molecule has 0 aromatic heterocycles. The van der Waals surface area contributed by atoms with Gasteiger partial charge in [0.2, 0.25) is 5.75 Å². The van der Waals surface area contributed by atoms with E-state index in [1.165, 1.54) is 56.7 Å². The van der Waals surface area contributed by atoms with Crippen molar-refractivity contribution >= 4 is 51.9 Å². The van der Waals surface area contributed by atoms with Gasteiger partial charge in [-0.3, -0.25) is 14.9 Å². The Hall–Kier alpha value is -4.65. The quantitative estimate of drug-likeness (QED) is 0.0732. The Balaban J connectivity index is 1.90. The number of nitriles is 1. The van der Waals surface area contributed by atoms with E-state index in [4.69, 9.17) is 9.47 Å². The van der Waals surface area contributed by atoms with Gasteiger partial charge in [0.05, 0.1) is 33.8 Å². The summed E-state index contributed by atoms with van der Waals surface area (Å²) in [6.45, 7) is 0. The number of anilines is 1. The minimum atomic E-state index is -4.79. The number of rotatable bonds is 8. The van der Waals surface area contributed by atoms with E-state index in [1.807, 2.05) is 22.6 Å². The number of alkyl halides is 3. The van der Waals surface area contributed by atoms with Crippen LogP contribution in [0, 0.1) is 25.0 Å². The third kappa shape index (κ3) is 7.05. The SMILES string of the molecule is COC(=O)c1ccc(NC(=O)/C(C#N)=C/c2cc(I)c(Oc3ccc(C(F)(F)F)cc3[N+](=O)[O-])c(OC)c2)cc1. The maximum Gasteiger partial charge on any atom is 0.416 e. The number of nitro benzene ring substituents is 1. The minimum absolute atomic E-state index is 0.0308.